The van der Waals surface area contributed by atoms with Gasteiger partial charge in [-0.3, -0.25) is 4.79 Å². The number of carbonyl (C=O) groups is 1. The number of carbonyl (C=O) groups excluding carboxylic acids is 1. The highest BCUT2D eigenvalue weighted by atomic mass is 35.5. The SMILES string of the molecule is O=C(Cc1cc(Cl)c2c(c1)OCCO2)NCC(O)c1ccccc1C(F)(F)F. The maximum absolute atomic E-state index is 13.0. The first kappa shape index (κ1) is 20.3. The second-order valence-electron chi connectivity index (χ2n) is 6.18. The van der Waals surface area contributed by atoms with Crippen molar-refractivity contribution in [1.82, 2.24) is 5.32 Å². The van der Waals surface area contributed by atoms with Crippen molar-refractivity contribution in [2.75, 3.05) is 19.8 Å². The van der Waals surface area contributed by atoms with Gasteiger partial charge in [-0.15, -0.1) is 0 Å². The smallest absolute Gasteiger partial charge is 0.416 e. The summed E-state index contributed by atoms with van der Waals surface area (Å²) in [6.45, 7) is 0.387. The molecule has 0 spiro atoms. The van der Waals surface area contributed by atoms with Crippen LogP contribution in [-0.4, -0.2) is 30.8 Å². The monoisotopic (exact) mass is 415 g/mol. The molecule has 0 bridgehead atoms. The zero-order valence-corrected chi connectivity index (χ0v) is 15.3. The van der Waals surface area contributed by atoms with E-state index in [0.717, 1.165) is 6.07 Å². The average Bonchev–Trinajstić information content (AvgIpc) is 2.65. The van der Waals surface area contributed by atoms with Gasteiger partial charge >= 0.3 is 6.18 Å². The molecule has 1 atom stereocenters. The van der Waals surface area contributed by atoms with Crippen LogP contribution in [0.15, 0.2) is 36.4 Å². The largest absolute Gasteiger partial charge is 0.486 e. The molecule has 9 heteroatoms. The Morgan fingerprint density at radius 1 is 1.21 bits per heavy atom. The molecule has 0 saturated heterocycles. The number of fused-ring (bicyclic) bond motifs is 1. The molecule has 3 rings (SSSR count). The summed E-state index contributed by atoms with van der Waals surface area (Å²) in [7, 11) is 0. The molecule has 1 heterocycles. The van der Waals surface area contributed by atoms with E-state index in [-0.39, 0.29) is 18.5 Å². The highest BCUT2D eigenvalue weighted by molar-refractivity contribution is 6.32. The summed E-state index contributed by atoms with van der Waals surface area (Å²) < 4.78 is 50.0. The number of aliphatic hydroxyl groups is 1. The number of benzene rings is 2. The average molecular weight is 416 g/mol. The van der Waals surface area contributed by atoms with Crippen LogP contribution < -0.4 is 14.8 Å². The Kier molecular flexibility index (Phi) is 6.00. The maximum Gasteiger partial charge on any atom is 0.416 e. The van der Waals surface area contributed by atoms with Gasteiger partial charge in [0.15, 0.2) is 11.5 Å². The molecule has 1 amide bonds. The van der Waals surface area contributed by atoms with Crippen LogP contribution >= 0.6 is 11.6 Å². The lowest BCUT2D eigenvalue weighted by Crippen LogP contribution is -2.30. The van der Waals surface area contributed by atoms with Gasteiger partial charge in [-0.1, -0.05) is 29.8 Å². The minimum absolute atomic E-state index is 0.0794. The predicted octanol–water partition coefficient (Wildman–Crippen LogP) is 3.52. The molecule has 1 aliphatic heterocycles. The molecule has 5 nitrogen and oxygen atoms in total. The summed E-state index contributed by atoms with van der Waals surface area (Å²) in [4.78, 5) is 12.1. The van der Waals surface area contributed by atoms with Crippen LogP contribution in [0.4, 0.5) is 13.2 Å². The Morgan fingerprint density at radius 2 is 1.93 bits per heavy atom. The molecule has 2 N–H and O–H groups in total. The minimum atomic E-state index is -4.59. The van der Waals surface area contributed by atoms with Crippen LogP contribution in [0.25, 0.3) is 0 Å². The van der Waals surface area contributed by atoms with Gasteiger partial charge in [0.1, 0.15) is 13.2 Å². The second-order valence-corrected chi connectivity index (χ2v) is 6.59. The Bertz CT molecular complexity index is 873. The number of alkyl halides is 3. The Morgan fingerprint density at radius 3 is 2.68 bits per heavy atom. The number of hydrogen-bond donors (Lipinski definition) is 2. The molecule has 2 aromatic carbocycles. The van der Waals surface area contributed by atoms with E-state index in [1.165, 1.54) is 18.2 Å². The van der Waals surface area contributed by atoms with Crippen molar-refractivity contribution in [3.05, 3.63) is 58.1 Å². The van der Waals surface area contributed by atoms with Gasteiger partial charge < -0.3 is 19.9 Å². The van der Waals surface area contributed by atoms with Gasteiger partial charge in [0, 0.05) is 6.54 Å². The van der Waals surface area contributed by atoms with Gasteiger partial charge in [0.2, 0.25) is 5.91 Å². The van der Waals surface area contributed by atoms with Crippen molar-refractivity contribution < 1.29 is 32.5 Å². The van der Waals surface area contributed by atoms with Crippen molar-refractivity contribution in [2.24, 2.45) is 0 Å². The van der Waals surface area contributed by atoms with Gasteiger partial charge in [-0.2, -0.15) is 13.2 Å². The molecule has 150 valence electrons. The van der Waals surface area contributed by atoms with E-state index in [1.54, 1.807) is 12.1 Å². The van der Waals surface area contributed by atoms with E-state index < -0.39 is 23.8 Å². The van der Waals surface area contributed by atoms with Gasteiger partial charge in [0.05, 0.1) is 23.1 Å². The molecule has 0 aromatic heterocycles. The summed E-state index contributed by atoms with van der Waals surface area (Å²) in [6.07, 6.45) is -6.17. The first-order chi connectivity index (χ1) is 13.3. The molecular formula is C19H17ClF3NO4. The Hall–Kier alpha value is -2.45. The Balaban J connectivity index is 1.63. The van der Waals surface area contributed by atoms with Crippen molar-refractivity contribution >= 4 is 17.5 Å². The summed E-state index contributed by atoms with van der Waals surface area (Å²) in [6, 6.07) is 7.88. The van der Waals surface area contributed by atoms with Crippen molar-refractivity contribution in [1.29, 1.82) is 0 Å². The highest BCUT2D eigenvalue weighted by Gasteiger charge is 2.34. The summed E-state index contributed by atoms with van der Waals surface area (Å²) in [5.41, 5.74) is -0.676. The fourth-order valence-electron chi connectivity index (χ4n) is 2.88. The zero-order chi connectivity index (χ0) is 20.3. The zero-order valence-electron chi connectivity index (χ0n) is 14.6. The van der Waals surface area contributed by atoms with Crippen molar-refractivity contribution in [2.45, 2.75) is 18.7 Å². The van der Waals surface area contributed by atoms with Crippen LogP contribution in [0.3, 0.4) is 0 Å². The molecule has 1 unspecified atom stereocenters. The molecule has 0 aliphatic carbocycles. The molecule has 0 fully saturated rings. The number of nitrogens with one attached hydrogen (secondary N) is 1. The quantitative estimate of drug-likeness (QED) is 0.784. The van der Waals surface area contributed by atoms with E-state index >= 15 is 0 Å². The third kappa shape index (κ3) is 4.69. The van der Waals surface area contributed by atoms with Crippen LogP contribution in [0.5, 0.6) is 11.5 Å². The number of amides is 1. The second kappa shape index (κ2) is 8.28. The minimum Gasteiger partial charge on any atom is -0.486 e. The lowest BCUT2D eigenvalue weighted by atomic mass is 10.0. The number of halogens is 4. The number of ether oxygens (including phenoxy) is 2. The predicted molar refractivity (Wildman–Crippen MR) is 95.6 cm³/mol. The molecule has 28 heavy (non-hydrogen) atoms. The van der Waals surface area contributed by atoms with Crippen LogP contribution in [0, 0.1) is 0 Å². The van der Waals surface area contributed by atoms with Gasteiger partial charge in [-0.25, -0.2) is 0 Å². The third-order valence-corrected chi connectivity index (χ3v) is 4.42. The molecule has 0 saturated carbocycles. The number of hydrogen-bond acceptors (Lipinski definition) is 4. The first-order valence-corrected chi connectivity index (χ1v) is 8.82. The fraction of sp³-hybridized carbons (Fsp3) is 0.316. The van der Waals surface area contributed by atoms with Gasteiger partial charge in [-0.05, 0) is 29.3 Å². The number of aliphatic hydroxyl groups excluding tert-OH is 1. The van der Waals surface area contributed by atoms with Crippen LogP contribution in [-0.2, 0) is 17.4 Å². The summed E-state index contributed by atoms with van der Waals surface area (Å²) in [5, 5.41) is 12.9. The maximum atomic E-state index is 13.0. The third-order valence-electron chi connectivity index (χ3n) is 4.14. The lowest BCUT2D eigenvalue weighted by molar-refractivity contribution is -0.139. The standard InChI is InChI=1S/C19H17ClF3NO4/c20-14-7-11(8-16-18(14)28-6-5-27-16)9-17(26)24-10-15(25)12-3-1-2-4-13(12)19(21,22)23/h1-4,7-8,15,25H,5-6,9-10H2,(H,24,26). The summed E-state index contributed by atoms with van der Waals surface area (Å²) >= 11 is 6.12. The van der Waals surface area contributed by atoms with E-state index in [2.05, 4.69) is 5.32 Å². The Labute approximate surface area is 164 Å². The van der Waals surface area contributed by atoms with E-state index in [9.17, 15) is 23.1 Å². The fourth-order valence-corrected chi connectivity index (χ4v) is 3.17. The van der Waals surface area contributed by atoms with Crippen LogP contribution in [0.2, 0.25) is 5.02 Å². The van der Waals surface area contributed by atoms with Gasteiger partial charge in [0.25, 0.3) is 0 Å². The normalized spacial score (nSPS) is 14.5. The van der Waals surface area contributed by atoms with E-state index in [0.29, 0.717) is 35.3 Å². The molecular weight excluding hydrogens is 399 g/mol. The topological polar surface area (TPSA) is 67.8 Å². The van der Waals surface area contributed by atoms with E-state index in [1.807, 2.05) is 0 Å². The lowest BCUT2D eigenvalue weighted by Gasteiger charge is -2.20. The first-order valence-electron chi connectivity index (χ1n) is 8.44. The van der Waals surface area contributed by atoms with E-state index in [4.69, 9.17) is 21.1 Å². The van der Waals surface area contributed by atoms with Crippen molar-refractivity contribution in [3.63, 3.8) is 0 Å². The molecule has 2 aromatic rings. The summed E-state index contributed by atoms with van der Waals surface area (Å²) in [5.74, 6) is 0.369. The van der Waals surface area contributed by atoms with Crippen molar-refractivity contribution in [3.8, 4) is 11.5 Å². The molecule has 0 radical (unpaired) electrons. The number of rotatable bonds is 5. The van der Waals surface area contributed by atoms with Crippen LogP contribution in [0.1, 0.15) is 22.8 Å². The highest BCUT2D eigenvalue weighted by Crippen LogP contribution is 2.38. The molecule has 1 aliphatic rings.